The average Bonchev–Trinajstić information content (AvgIpc) is 2.33. The molecule has 1 amide bonds. The third kappa shape index (κ3) is 2.85. The zero-order valence-corrected chi connectivity index (χ0v) is 10.0. The lowest BCUT2D eigenvalue weighted by atomic mass is 9.92. The minimum Gasteiger partial charge on any atom is -0.352 e. The quantitative estimate of drug-likeness (QED) is 0.697. The lowest BCUT2D eigenvalue weighted by molar-refractivity contribution is -0.126. The first-order chi connectivity index (χ1) is 7.77. The zero-order valence-electron chi connectivity index (χ0n) is 10.0. The third-order valence-corrected chi connectivity index (χ3v) is 3.73. The maximum atomic E-state index is 12.0. The molecule has 16 heavy (non-hydrogen) atoms. The molecule has 2 aliphatic rings. The van der Waals surface area contributed by atoms with Gasteiger partial charge >= 0.3 is 0 Å². The van der Waals surface area contributed by atoms with Crippen LogP contribution < -0.4 is 10.6 Å². The number of rotatable bonds is 2. The zero-order chi connectivity index (χ0) is 11.4. The van der Waals surface area contributed by atoms with Gasteiger partial charge in [0.1, 0.15) is 0 Å². The standard InChI is InChI=1S/C13H22N2O/c1-10-12(8-5-9-14-10)15-13(16)11-6-3-2-4-7-11/h2-3,10-12,14H,4-9H2,1H3,(H,15,16). The number of hydrogen-bond donors (Lipinski definition) is 2. The van der Waals surface area contributed by atoms with Crippen LogP contribution in [0.4, 0.5) is 0 Å². The third-order valence-electron chi connectivity index (χ3n) is 3.73. The van der Waals surface area contributed by atoms with Crippen LogP contribution in [0, 0.1) is 5.92 Å². The summed E-state index contributed by atoms with van der Waals surface area (Å²) in [6.45, 7) is 3.24. The van der Waals surface area contributed by atoms with Gasteiger partial charge in [-0.15, -0.1) is 0 Å². The van der Waals surface area contributed by atoms with Gasteiger partial charge < -0.3 is 10.6 Å². The average molecular weight is 222 g/mol. The Morgan fingerprint density at radius 2 is 2.25 bits per heavy atom. The highest BCUT2D eigenvalue weighted by Crippen LogP contribution is 2.19. The van der Waals surface area contributed by atoms with Crippen molar-refractivity contribution in [2.75, 3.05) is 6.54 Å². The van der Waals surface area contributed by atoms with Crippen molar-refractivity contribution in [1.29, 1.82) is 0 Å². The van der Waals surface area contributed by atoms with Crippen molar-refractivity contribution >= 4 is 5.91 Å². The largest absolute Gasteiger partial charge is 0.352 e. The SMILES string of the molecule is CC1NCCCC1NC(=O)C1CC=CCC1. The summed E-state index contributed by atoms with van der Waals surface area (Å²) in [5, 5.41) is 6.61. The highest BCUT2D eigenvalue weighted by molar-refractivity contribution is 5.79. The fraction of sp³-hybridized carbons (Fsp3) is 0.769. The lowest BCUT2D eigenvalue weighted by Crippen LogP contribution is -2.53. The van der Waals surface area contributed by atoms with E-state index >= 15 is 0 Å². The van der Waals surface area contributed by atoms with E-state index in [4.69, 9.17) is 0 Å². The van der Waals surface area contributed by atoms with E-state index in [-0.39, 0.29) is 11.8 Å². The van der Waals surface area contributed by atoms with Crippen molar-refractivity contribution in [3.05, 3.63) is 12.2 Å². The van der Waals surface area contributed by atoms with E-state index in [1.807, 2.05) is 0 Å². The summed E-state index contributed by atoms with van der Waals surface area (Å²) in [5.41, 5.74) is 0. The Balaban J connectivity index is 1.83. The van der Waals surface area contributed by atoms with Crippen LogP contribution in [0.5, 0.6) is 0 Å². The molecule has 90 valence electrons. The van der Waals surface area contributed by atoms with Crippen molar-refractivity contribution in [3.8, 4) is 0 Å². The summed E-state index contributed by atoms with van der Waals surface area (Å²) in [6, 6.07) is 0.740. The molecule has 2 N–H and O–H groups in total. The molecule has 1 saturated heterocycles. The molecule has 0 aromatic heterocycles. The van der Waals surface area contributed by atoms with E-state index in [0.29, 0.717) is 12.1 Å². The molecular weight excluding hydrogens is 200 g/mol. The van der Waals surface area contributed by atoms with Gasteiger partial charge in [0.2, 0.25) is 5.91 Å². The summed E-state index contributed by atoms with van der Waals surface area (Å²) in [7, 11) is 0. The van der Waals surface area contributed by atoms with E-state index in [0.717, 1.165) is 32.2 Å². The molecule has 0 aromatic rings. The summed E-state index contributed by atoms with van der Waals surface area (Å²) in [5.74, 6) is 0.462. The van der Waals surface area contributed by atoms with Gasteiger partial charge in [0.15, 0.2) is 0 Å². The predicted molar refractivity (Wildman–Crippen MR) is 65.1 cm³/mol. The maximum Gasteiger partial charge on any atom is 0.223 e. The molecular formula is C13H22N2O. The van der Waals surface area contributed by atoms with Gasteiger partial charge in [0, 0.05) is 18.0 Å². The number of hydrogen-bond acceptors (Lipinski definition) is 2. The Hall–Kier alpha value is -0.830. The van der Waals surface area contributed by atoms with Gasteiger partial charge in [-0.2, -0.15) is 0 Å². The smallest absolute Gasteiger partial charge is 0.223 e. The number of allylic oxidation sites excluding steroid dienone is 2. The molecule has 0 spiro atoms. The second-order valence-electron chi connectivity index (χ2n) is 4.98. The number of amides is 1. The summed E-state index contributed by atoms with van der Waals surface area (Å²) in [6.07, 6.45) is 9.57. The predicted octanol–water partition coefficient (Wildman–Crippen LogP) is 1.60. The van der Waals surface area contributed by atoms with Crippen LogP contribution in [0.1, 0.15) is 39.0 Å². The second kappa shape index (κ2) is 5.48. The lowest BCUT2D eigenvalue weighted by Gasteiger charge is -2.32. The van der Waals surface area contributed by atoms with Crippen molar-refractivity contribution in [2.45, 2.75) is 51.1 Å². The molecule has 1 aliphatic carbocycles. The fourth-order valence-electron chi connectivity index (χ4n) is 2.57. The van der Waals surface area contributed by atoms with Crippen LogP contribution in [0.15, 0.2) is 12.2 Å². The van der Waals surface area contributed by atoms with Gasteiger partial charge in [-0.25, -0.2) is 0 Å². The van der Waals surface area contributed by atoms with Crippen LogP contribution in [0.2, 0.25) is 0 Å². The van der Waals surface area contributed by atoms with Gasteiger partial charge in [0.25, 0.3) is 0 Å². The van der Waals surface area contributed by atoms with Crippen LogP contribution in [-0.2, 0) is 4.79 Å². The molecule has 3 atom stereocenters. The van der Waals surface area contributed by atoms with Crippen LogP contribution in [0.25, 0.3) is 0 Å². The van der Waals surface area contributed by atoms with Crippen molar-refractivity contribution in [1.82, 2.24) is 10.6 Å². The van der Waals surface area contributed by atoms with E-state index in [9.17, 15) is 4.79 Å². The maximum absolute atomic E-state index is 12.0. The van der Waals surface area contributed by atoms with Crippen LogP contribution >= 0.6 is 0 Å². The minimum absolute atomic E-state index is 0.208. The molecule has 3 nitrogen and oxygen atoms in total. The van der Waals surface area contributed by atoms with E-state index < -0.39 is 0 Å². The molecule has 0 saturated carbocycles. The number of carbonyl (C=O) groups excluding carboxylic acids is 1. The van der Waals surface area contributed by atoms with Gasteiger partial charge in [-0.1, -0.05) is 12.2 Å². The molecule has 1 aliphatic heterocycles. The molecule has 3 unspecified atom stereocenters. The Morgan fingerprint density at radius 3 is 2.94 bits per heavy atom. The van der Waals surface area contributed by atoms with Crippen molar-refractivity contribution in [3.63, 3.8) is 0 Å². The van der Waals surface area contributed by atoms with E-state index in [1.54, 1.807) is 0 Å². The second-order valence-corrected chi connectivity index (χ2v) is 4.98. The molecule has 1 fully saturated rings. The Bertz CT molecular complexity index is 275. The van der Waals surface area contributed by atoms with E-state index in [1.165, 1.54) is 6.42 Å². The summed E-state index contributed by atoms with van der Waals surface area (Å²) >= 11 is 0. The van der Waals surface area contributed by atoms with Gasteiger partial charge in [-0.05, 0) is 45.6 Å². The minimum atomic E-state index is 0.208. The molecule has 0 aromatic carbocycles. The summed E-state index contributed by atoms with van der Waals surface area (Å²) < 4.78 is 0. The molecule has 0 radical (unpaired) electrons. The first kappa shape index (κ1) is 11.6. The van der Waals surface area contributed by atoms with Crippen molar-refractivity contribution < 1.29 is 4.79 Å². The highest BCUT2D eigenvalue weighted by Gasteiger charge is 2.26. The monoisotopic (exact) mass is 222 g/mol. The van der Waals surface area contributed by atoms with Gasteiger partial charge in [0.05, 0.1) is 0 Å². The first-order valence-electron chi connectivity index (χ1n) is 6.46. The Kier molecular flexibility index (Phi) is 3.99. The van der Waals surface area contributed by atoms with Gasteiger partial charge in [-0.3, -0.25) is 4.79 Å². The molecule has 3 heteroatoms. The molecule has 1 heterocycles. The first-order valence-corrected chi connectivity index (χ1v) is 6.46. The number of carbonyl (C=O) groups is 1. The highest BCUT2D eigenvalue weighted by atomic mass is 16.1. The molecule has 2 rings (SSSR count). The van der Waals surface area contributed by atoms with Crippen LogP contribution in [0.3, 0.4) is 0 Å². The Labute approximate surface area is 97.7 Å². The number of nitrogens with one attached hydrogen (secondary N) is 2. The van der Waals surface area contributed by atoms with E-state index in [2.05, 4.69) is 29.7 Å². The normalized spacial score (nSPS) is 34.7. The van der Waals surface area contributed by atoms with Crippen molar-refractivity contribution in [2.24, 2.45) is 5.92 Å². The Morgan fingerprint density at radius 1 is 1.38 bits per heavy atom. The molecule has 0 bridgehead atoms. The fourth-order valence-corrected chi connectivity index (χ4v) is 2.57. The van der Waals surface area contributed by atoms with Crippen LogP contribution in [-0.4, -0.2) is 24.5 Å². The number of piperidine rings is 1. The summed E-state index contributed by atoms with van der Waals surface area (Å²) in [4.78, 5) is 12.0. The topological polar surface area (TPSA) is 41.1 Å².